The molecule has 0 aliphatic carbocycles. The molecule has 0 bridgehead atoms. The molecule has 0 aliphatic heterocycles. The topological polar surface area (TPSA) is 12.0 Å². The quantitative estimate of drug-likeness (QED) is 0.305. The first-order valence-electron chi connectivity index (χ1n) is 1.18. The van der Waals surface area contributed by atoms with Crippen LogP contribution in [0.2, 0.25) is 0 Å². The Balaban J connectivity index is 0. The Morgan fingerprint density at radius 2 is 2.00 bits per heavy atom. The van der Waals surface area contributed by atoms with Crippen molar-refractivity contribution in [2.75, 3.05) is 7.05 Å². The second-order valence-corrected chi connectivity index (χ2v) is 1.71. The third-order valence-corrected chi connectivity index (χ3v) is 0.642. The minimum absolute atomic E-state index is 0. The number of thiocarbonyl (C=S) groups is 1. The van der Waals surface area contributed by atoms with Gasteiger partial charge >= 0.3 is 0 Å². The van der Waals surface area contributed by atoms with E-state index in [-0.39, 0.29) is 17.1 Å². The number of hydrogen-bond acceptors (Lipinski definition) is 1. The molecule has 0 amide bonds. The smallest absolute Gasteiger partial charge is 0.130 e. The van der Waals surface area contributed by atoms with E-state index in [1.165, 1.54) is 0 Å². The molecule has 0 saturated carbocycles. The largest absolute Gasteiger partial charge is 0.374 e. The first-order valence-corrected chi connectivity index (χ1v) is 2.03. The Morgan fingerprint density at radius 3 is 2.00 bits per heavy atom. The van der Waals surface area contributed by atoms with Crippen LogP contribution in [0.5, 0.6) is 0 Å². The van der Waals surface area contributed by atoms with E-state index in [4.69, 9.17) is 0 Å². The molecule has 0 radical (unpaired) electrons. The van der Waals surface area contributed by atoms with Gasteiger partial charge in [0.2, 0.25) is 0 Å². The maximum absolute atomic E-state index is 4.45. The average molecular weight is 163 g/mol. The van der Waals surface area contributed by atoms with E-state index in [0.29, 0.717) is 4.32 Å². The summed E-state index contributed by atoms with van der Waals surface area (Å²) in [6.45, 7) is 0. The predicted molar refractivity (Wildman–Crippen MR) is 30.6 cm³/mol. The minimum atomic E-state index is 0. The fraction of sp³-hybridized carbons (Fsp3) is 0.500. The van der Waals surface area contributed by atoms with Crippen molar-refractivity contribution in [3.63, 3.8) is 0 Å². The standard InChI is InChI=1S/C2H5NS2.Fe/c1-3-2(4)5;/h1H3,(H2,3,4,5);. The van der Waals surface area contributed by atoms with Crippen LogP contribution < -0.4 is 5.32 Å². The summed E-state index contributed by atoms with van der Waals surface area (Å²) in [6.07, 6.45) is 0. The van der Waals surface area contributed by atoms with Crippen molar-refractivity contribution >= 4 is 29.2 Å². The van der Waals surface area contributed by atoms with Gasteiger partial charge in [0.05, 0.1) is 0 Å². The van der Waals surface area contributed by atoms with Crippen LogP contribution in [0.4, 0.5) is 0 Å². The van der Waals surface area contributed by atoms with E-state index in [1.807, 2.05) is 0 Å². The van der Waals surface area contributed by atoms with Crippen LogP contribution in [-0.4, -0.2) is 11.4 Å². The molecule has 0 heterocycles. The first kappa shape index (κ1) is 9.90. The summed E-state index contributed by atoms with van der Waals surface area (Å²) in [4.78, 5) is 0. The summed E-state index contributed by atoms with van der Waals surface area (Å²) < 4.78 is 0.532. The summed E-state index contributed by atoms with van der Waals surface area (Å²) in [5.74, 6) is 0. The van der Waals surface area contributed by atoms with Gasteiger partial charge in [0.15, 0.2) is 0 Å². The second kappa shape index (κ2) is 5.76. The Hall–Kier alpha value is 0.759. The second-order valence-electron chi connectivity index (χ2n) is 0.555. The third-order valence-electron chi connectivity index (χ3n) is 0.214. The molecule has 6 heavy (non-hydrogen) atoms. The molecule has 0 spiro atoms. The van der Waals surface area contributed by atoms with Crippen LogP contribution in [0.1, 0.15) is 0 Å². The van der Waals surface area contributed by atoms with Crippen LogP contribution in [0, 0.1) is 0 Å². The van der Waals surface area contributed by atoms with Crippen molar-refractivity contribution < 1.29 is 17.1 Å². The monoisotopic (exact) mass is 163 g/mol. The third kappa shape index (κ3) is 8.83. The van der Waals surface area contributed by atoms with E-state index in [2.05, 4.69) is 30.2 Å². The van der Waals surface area contributed by atoms with Crippen molar-refractivity contribution in [3.05, 3.63) is 0 Å². The fourth-order valence-corrected chi connectivity index (χ4v) is 0. The summed E-state index contributed by atoms with van der Waals surface area (Å²) in [5.41, 5.74) is 0. The van der Waals surface area contributed by atoms with Crippen molar-refractivity contribution in [1.82, 2.24) is 5.32 Å². The normalized spacial score (nSPS) is 5.67. The van der Waals surface area contributed by atoms with Crippen molar-refractivity contribution in [3.8, 4) is 0 Å². The molecule has 0 atom stereocenters. The van der Waals surface area contributed by atoms with Gasteiger partial charge in [0.25, 0.3) is 0 Å². The van der Waals surface area contributed by atoms with Crippen molar-refractivity contribution in [2.24, 2.45) is 0 Å². The molecule has 0 saturated heterocycles. The molecular weight excluding hydrogens is 158 g/mol. The first-order chi connectivity index (χ1) is 2.27. The fourth-order valence-electron chi connectivity index (χ4n) is 0. The Morgan fingerprint density at radius 1 is 1.83 bits per heavy atom. The van der Waals surface area contributed by atoms with E-state index in [1.54, 1.807) is 7.05 Å². The van der Waals surface area contributed by atoms with Crippen LogP contribution in [0.15, 0.2) is 0 Å². The van der Waals surface area contributed by atoms with E-state index >= 15 is 0 Å². The van der Waals surface area contributed by atoms with Gasteiger partial charge in [-0.2, -0.15) is 0 Å². The van der Waals surface area contributed by atoms with Crippen LogP contribution in [0.3, 0.4) is 0 Å². The van der Waals surface area contributed by atoms with Gasteiger partial charge in [0, 0.05) is 24.1 Å². The minimum Gasteiger partial charge on any atom is -0.374 e. The van der Waals surface area contributed by atoms with Crippen molar-refractivity contribution in [2.45, 2.75) is 0 Å². The van der Waals surface area contributed by atoms with Gasteiger partial charge in [-0.1, -0.05) is 12.2 Å². The maximum Gasteiger partial charge on any atom is 0.130 e. The molecule has 38 valence electrons. The molecule has 0 aromatic rings. The van der Waals surface area contributed by atoms with Crippen molar-refractivity contribution in [1.29, 1.82) is 0 Å². The molecule has 0 aliphatic rings. The molecule has 4 heteroatoms. The Labute approximate surface area is 58.8 Å². The molecule has 0 fully saturated rings. The van der Waals surface area contributed by atoms with Gasteiger partial charge in [0.1, 0.15) is 4.32 Å². The zero-order chi connectivity index (χ0) is 4.28. The SMILES string of the molecule is CNC(=S)S.[Fe]. The summed E-state index contributed by atoms with van der Waals surface area (Å²) >= 11 is 8.17. The van der Waals surface area contributed by atoms with Gasteiger partial charge < -0.3 is 5.32 Å². The van der Waals surface area contributed by atoms with Gasteiger partial charge in [-0.15, -0.1) is 12.6 Å². The Kier molecular flexibility index (Phi) is 9.50. The summed E-state index contributed by atoms with van der Waals surface area (Å²) in [6, 6.07) is 0. The van der Waals surface area contributed by atoms with Crippen LogP contribution in [0.25, 0.3) is 0 Å². The molecule has 1 N–H and O–H groups in total. The maximum atomic E-state index is 4.45. The summed E-state index contributed by atoms with van der Waals surface area (Å²) in [5, 5.41) is 2.62. The molecule has 0 unspecified atom stereocenters. The molecule has 0 rings (SSSR count). The average Bonchev–Trinajstić information content (AvgIpc) is 1.38. The van der Waals surface area contributed by atoms with Gasteiger partial charge in [-0.05, 0) is 0 Å². The molecule has 0 aromatic heterocycles. The number of thiol groups is 1. The van der Waals surface area contributed by atoms with Gasteiger partial charge in [-0.25, -0.2) is 0 Å². The molecular formula is C2H5FeNS2. The molecule has 0 aromatic carbocycles. The number of nitrogens with one attached hydrogen (secondary N) is 1. The predicted octanol–water partition coefficient (Wildman–Crippen LogP) is 0.418. The van der Waals surface area contributed by atoms with Crippen LogP contribution >= 0.6 is 24.8 Å². The van der Waals surface area contributed by atoms with Crippen LogP contribution in [-0.2, 0) is 17.1 Å². The summed E-state index contributed by atoms with van der Waals surface area (Å²) in [7, 11) is 1.73. The van der Waals surface area contributed by atoms with E-state index in [9.17, 15) is 0 Å². The van der Waals surface area contributed by atoms with E-state index in [0.717, 1.165) is 0 Å². The zero-order valence-electron chi connectivity index (χ0n) is 3.21. The van der Waals surface area contributed by atoms with Gasteiger partial charge in [-0.3, -0.25) is 0 Å². The number of rotatable bonds is 0. The number of hydrogen-bond donors (Lipinski definition) is 2. The zero-order valence-corrected chi connectivity index (χ0v) is 6.02. The molecule has 1 nitrogen and oxygen atoms in total. The van der Waals surface area contributed by atoms with E-state index < -0.39 is 0 Å². The Bertz CT molecular complexity index is 46.8.